The highest BCUT2D eigenvalue weighted by Gasteiger charge is 2.23. The summed E-state index contributed by atoms with van der Waals surface area (Å²) in [5, 5.41) is 2.86. The van der Waals surface area contributed by atoms with E-state index in [9.17, 15) is 9.59 Å². The van der Waals surface area contributed by atoms with Crippen LogP contribution in [0.3, 0.4) is 0 Å². The van der Waals surface area contributed by atoms with E-state index in [4.69, 9.17) is 10.5 Å². The number of ether oxygens (including phenoxy) is 1. The van der Waals surface area contributed by atoms with E-state index in [0.717, 1.165) is 24.3 Å². The number of rotatable bonds is 4. The van der Waals surface area contributed by atoms with E-state index in [-0.39, 0.29) is 11.9 Å². The largest absolute Gasteiger partial charge is 0.497 e. The lowest BCUT2D eigenvalue weighted by Crippen LogP contribution is -2.41. The van der Waals surface area contributed by atoms with Gasteiger partial charge in [0.15, 0.2) is 0 Å². The Morgan fingerprint density at radius 3 is 2.43 bits per heavy atom. The second-order valence-corrected chi connectivity index (χ2v) is 5.26. The molecule has 1 aliphatic heterocycles. The SMILES string of the molecule is COc1ccc(NC(=O)N2CCC(CC(N)=O)CC2)cc1. The summed E-state index contributed by atoms with van der Waals surface area (Å²) in [4.78, 5) is 24.8. The Bertz CT molecular complexity index is 493. The number of nitrogens with two attached hydrogens (primary N) is 1. The average molecular weight is 291 g/mol. The van der Waals surface area contributed by atoms with Gasteiger partial charge in [0.25, 0.3) is 0 Å². The number of hydrogen-bond donors (Lipinski definition) is 2. The lowest BCUT2D eigenvalue weighted by molar-refractivity contribution is -0.119. The van der Waals surface area contributed by atoms with Gasteiger partial charge in [-0.05, 0) is 43.0 Å². The molecule has 0 spiro atoms. The third-order valence-electron chi connectivity index (χ3n) is 3.73. The Hall–Kier alpha value is -2.24. The van der Waals surface area contributed by atoms with Crippen molar-refractivity contribution in [3.8, 4) is 5.75 Å². The number of benzene rings is 1. The number of carbonyl (C=O) groups is 2. The Balaban J connectivity index is 1.82. The van der Waals surface area contributed by atoms with Gasteiger partial charge < -0.3 is 20.7 Å². The summed E-state index contributed by atoms with van der Waals surface area (Å²) < 4.78 is 5.07. The normalized spacial score (nSPS) is 15.6. The van der Waals surface area contributed by atoms with E-state index in [1.807, 2.05) is 0 Å². The number of urea groups is 1. The molecule has 6 nitrogen and oxygen atoms in total. The van der Waals surface area contributed by atoms with Crippen LogP contribution in [0.15, 0.2) is 24.3 Å². The van der Waals surface area contributed by atoms with Crippen LogP contribution in [0.4, 0.5) is 10.5 Å². The maximum Gasteiger partial charge on any atom is 0.321 e. The standard InChI is InChI=1S/C15H21N3O3/c1-21-13-4-2-12(3-5-13)17-15(20)18-8-6-11(7-9-18)10-14(16)19/h2-5,11H,6-10H2,1H3,(H2,16,19)(H,17,20). The fourth-order valence-corrected chi connectivity index (χ4v) is 2.50. The molecule has 21 heavy (non-hydrogen) atoms. The highest BCUT2D eigenvalue weighted by molar-refractivity contribution is 5.89. The van der Waals surface area contributed by atoms with E-state index >= 15 is 0 Å². The van der Waals surface area contributed by atoms with Crippen LogP contribution in [0.25, 0.3) is 0 Å². The van der Waals surface area contributed by atoms with Crippen molar-refractivity contribution in [3.63, 3.8) is 0 Å². The number of nitrogens with zero attached hydrogens (tertiary/aromatic N) is 1. The van der Waals surface area contributed by atoms with Gasteiger partial charge >= 0.3 is 6.03 Å². The van der Waals surface area contributed by atoms with Crippen LogP contribution in [0, 0.1) is 5.92 Å². The topological polar surface area (TPSA) is 84.7 Å². The Morgan fingerprint density at radius 1 is 1.29 bits per heavy atom. The van der Waals surface area contributed by atoms with Crippen molar-refractivity contribution in [3.05, 3.63) is 24.3 Å². The molecule has 0 atom stereocenters. The zero-order valence-electron chi connectivity index (χ0n) is 12.2. The maximum absolute atomic E-state index is 12.1. The number of anilines is 1. The smallest absolute Gasteiger partial charge is 0.321 e. The van der Waals surface area contributed by atoms with Crippen LogP contribution >= 0.6 is 0 Å². The predicted octanol–water partition coefficient (Wildman–Crippen LogP) is 1.81. The zero-order valence-corrected chi connectivity index (χ0v) is 12.2. The van der Waals surface area contributed by atoms with Gasteiger partial charge in [-0.3, -0.25) is 4.79 Å². The van der Waals surface area contributed by atoms with Gasteiger partial charge in [-0.15, -0.1) is 0 Å². The summed E-state index contributed by atoms with van der Waals surface area (Å²) in [6, 6.07) is 7.09. The number of piperidine rings is 1. The number of nitrogens with one attached hydrogen (secondary N) is 1. The minimum atomic E-state index is -0.267. The molecule has 0 radical (unpaired) electrons. The first kappa shape index (κ1) is 15.2. The molecule has 114 valence electrons. The highest BCUT2D eigenvalue weighted by Crippen LogP contribution is 2.21. The van der Waals surface area contributed by atoms with Gasteiger partial charge in [-0.25, -0.2) is 4.79 Å². The molecule has 1 aliphatic rings. The third-order valence-corrected chi connectivity index (χ3v) is 3.73. The van der Waals surface area contributed by atoms with Crippen LogP contribution in [0.5, 0.6) is 5.75 Å². The molecule has 6 heteroatoms. The lowest BCUT2D eigenvalue weighted by atomic mass is 9.93. The van der Waals surface area contributed by atoms with Crippen LogP contribution in [0.1, 0.15) is 19.3 Å². The van der Waals surface area contributed by atoms with Gasteiger partial charge in [0.2, 0.25) is 5.91 Å². The number of likely N-dealkylation sites (tertiary alicyclic amines) is 1. The second-order valence-electron chi connectivity index (χ2n) is 5.26. The van der Waals surface area contributed by atoms with Crippen LogP contribution in [-0.4, -0.2) is 37.0 Å². The Morgan fingerprint density at radius 2 is 1.90 bits per heavy atom. The molecule has 1 fully saturated rings. The van der Waals surface area contributed by atoms with Gasteiger partial charge in [0, 0.05) is 25.2 Å². The fraction of sp³-hybridized carbons (Fsp3) is 0.467. The summed E-state index contributed by atoms with van der Waals surface area (Å²) >= 11 is 0. The molecule has 0 unspecified atom stereocenters. The molecule has 0 bridgehead atoms. The van der Waals surface area contributed by atoms with E-state index in [0.29, 0.717) is 25.4 Å². The predicted molar refractivity (Wildman–Crippen MR) is 80.1 cm³/mol. The minimum absolute atomic E-state index is 0.113. The maximum atomic E-state index is 12.1. The molecule has 1 aromatic carbocycles. The zero-order chi connectivity index (χ0) is 15.2. The van der Waals surface area contributed by atoms with Crippen molar-refractivity contribution < 1.29 is 14.3 Å². The molecule has 1 heterocycles. The van der Waals surface area contributed by atoms with Crippen molar-refractivity contribution in [2.45, 2.75) is 19.3 Å². The van der Waals surface area contributed by atoms with Gasteiger partial charge in [-0.2, -0.15) is 0 Å². The Labute approximate surface area is 124 Å². The van der Waals surface area contributed by atoms with Crippen molar-refractivity contribution in [1.29, 1.82) is 0 Å². The molecular weight excluding hydrogens is 270 g/mol. The van der Waals surface area contributed by atoms with Crippen LogP contribution in [0.2, 0.25) is 0 Å². The van der Waals surface area contributed by atoms with E-state index in [1.165, 1.54) is 0 Å². The van der Waals surface area contributed by atoms with Crippen LogP contribution in [-0.2, 0) is 4.79 Å². The van der Waals surface area contributed by atoms with E-state index in [2.05, 4.69) is 5.32 Å². The van der Waals surface area contributed by atoms with E-state index < -0.39 is 0 Å². The molecule has 3 amide bonds. The van der Waals surface area contributed by atoms with Crippen LogP contribution < -0.4 is 15.8 Å². The van der Waals surface area contributed by atoms with Crippen molar-refractivity contribution >= 4 is 17.6 Å². The molecule has 1 aromatic rings. The summed E-state index contributed by atoms with van der Waals surface area (Å²) in [6.07, 6.45) is 2.05. The molecule has 3 N–H and O–H groups in total. The molecule has 1 saturated heterocycles. The van der Waals surface area contributed by atoms with Gasteiger partial charge in [-0.1, -0.05) is 0 Å². The number of methoxy groups -OCH3 is 1. The number of hydrogen-bond acceptors (Lipinski definition) is 3. The summed E-state index contributed by atoms with van der Waals surface area (Å²) in [7, 11) is 1.60. The van der Waals surface area contributed by atoms with Crippen molar-refractivity contribution in [2.24, 2.45) is 11.7 Å². The molecule has 2 rings (SSSR count). The monoisotopic (exact) mass is 291 g/mol. The summed E-state index contributed by atoms with van der Waals surface area (Å²) in [6.45, 7) is 1.31. The first-order chi connectivity index (χ1) is 10.1. The molecule has 0 saturated carbocycles. The van der Waals surface area contributed by atoms with Crippen molar-refractivity contribution in [2.75, 3.05) is 25.5 Å². The highest BCUT2D eigenvalue weighted by atomic mass is 16.5. The van der Waals surface area contributed by atoms with E-state index in [1.54, 1.807) is 36.3 Å². The molecule has 0 aliphatic carbocycles. The quantitative estimate of drug-likeness (QED) is 0.887. The summed E-state index contributed by atoms with van der Waals surface area (Å²) in [5.74, 6) is 0.781. The number of amides is 3. The first-order valence-electron chi connectivity index (χ1n) is 7.07. The minimum Gasteiger partial charge on any atom is -0.497 e. The number of carbonyl (C=O) groups excluding carboxylic acids is 2. The Kier molecular flexibility index (Phi) is 5.03. The van der Waals surface area contributed by atoms with Crippen molar-refractivity contribution in [1.82, 2.24) is 4.90 Å². The first-order valence-corrected chi connectivity index (χ1v) is 7.07. The summed E-state index contributed by atoms with van der Waals surface area (Å²) in [5.41, 5.74) is 5.94. The number of primary amides is 1. The average Bonchev–Trinajstić information content (AvgIpc) is 2.48. The van der Waals surface area contributed by atoms with Gasteiger partial charge in [0.05, 0.1) is 7.11 Å². The molecular formula is C15H21N3O3. The second kappa shape index (κ2) is 6.97. The molecule has 0 aromatic heterocycles. The lowest BCUT2D eigenvalue weighted by Gasteiger charge is -2.31. The van der Waals surface area contributed by atoms with Gasteiger partial charge in [0.1, 0.15) is 5.75 Å². The third kappa shape index (κ3) is 4.37. The fourth-order valence-electron chi connectivity index (χ4n) is 2.50.